The Morgan fingerprint density at radius 3 is 2.74 bits per heavy atom. The summed E-state index contributed by atoms with van der Waals surface area (Å²) in [6.07, 6.45) is -2.86. The lowest BCUT2D eigenvalue weighted by Gasteiger charge is -2.33. The summed E-state index contributed by atoms with van der Waals surface area (Å²) in [6, 6.07) is 1.99. The first-order valence-electron chi connectivity index (χ1n) is 7.50. The third-order valence-corrected chi connectivity index (χ3v) is 4.14. The predicted molar refractivity (Wildman–Crippen MR) is 79.7 cm³/mol. The number of nitrogens with zero attached hydrogens (tertiary/aromatic N) is 1. The van der Waals surface area contributed by atoms with Gasteiger partial charge in [-0.3, -0.25) is 4.79 Å². The van der Waals surface area contributed by atoms with Crippen LogP contribution >= 0.6 is 11.6 Å². The SMILES string of the molecule is CCOc1ccc(Cl)c(C(=O)NC2CCCCC2C(F)(F)F)n1. The summed E-state index contributed by atoms with van der Waals surface area (Å²) in [5.74, 6) is -2.04. The van der Waals surface area contributed by atoms with Crippen LogP contribution in [-0.2, 0) is 0 Å². The van der Waals surface area contributed by atoms with Crippen LogP contribution in [0.1, 0.15) is 43.1 Å². The zero-order valence-corrected chi connectivity index (χ0v) is 13.4. The number of aromatic nitrogens is 1. The third-order valence-electron chi connectivity index (χ3n) is 3.83. The van der Waals surface area contributed by atoms with Gasteiger partial charge in [-0.1, -0.05) is 24.4 Å². The molecule has 1 aromatic rings. The number of carbonyl (C=O) groups excluding carboxylic acids is 1. The van der Waals surface area contributed by atoms with Crippen LogP contribution in [0.2, 0.25) is 5.02 Å². The molecule has 2 unspecified atom stereocenters. The number of carbonyl (C=O) groups is 1. The molecular weight excluding hydrogens is 333 g/mol. The zero-order valence-electron chi connectivity index (χ0n) is 12.6. The largest absolute Gasteiger partial charge is 0.478 e. The van der Waals surface area contributed by atoms with Crippen molar-refractivity contribution in [3.8, 4) is 5.88 Å². The molecule has 1 aliphatic rings. The van der Waals surface area contributed by atoms with Crippen molar-refractivity contribution in [2.75, 3.05) is 6.61 Å². The minimum Gasteiger partial charge on any atom is -0.478 e. The lowest BCUT2D eigenvalue weighted by Crippen LogP contribution is -2.47. The molecule has 1 amide bonds. The lowest BCUT2D eigenvalue weighted by molar-refractivity contribution is -0.187. The van der Waals surface area contributed by atoms with Crippen molar-refractivity contribution in [3.05, 3.63) is 22.8 Å². The topological polar surface area (TPSA) is 51.2 Å². The number of hydrogen-bond donors (Lipinski definition) is 1. The average Bonchev–Trinajstić information content (AvgIpc) is 2.49. The molecule has 0 bridgehead atoms. The first-order valence-corrected chi connectivity index (χ1v) is 7.87. The fraction of sp³-hybridized carbons (Fsp3) is 0.600. The van der Waals surface area contributed by atoms with Gasteiger partial charge in [0, 0.05) is 12.1 Å². The molecule has 1 heterocycles. The van der Waals surface area contributed by atoms with E-state index < -0.39 is 24.0 Å². The molecule has 1 saturated carbocycles. The second-order valence-electron chi connectivity index (χ2n) is 5.43. The molecule has 0 saturated heterocycles. The summed E-state index contributed by atoms with van der Waals surface area (Å²) in [5, 5.41) is 2.51. The van der Waals surface area contributed by atoms with E-state index in [2.05, 4.69) is 10.3 Å². The molecule has 1 aromatic heterocycles. The van der Waals surface area contributed by atoms with Crippen LogP contribution in [0.5, 0.6) is 5.88 Å². The summed E-state index contributed by atoms with van der Waals surface area (Å²) < 4.78 is 44.4. The Morgan fingerprint density at radius 2 is 2.09 bits per heavy atom. The van der Waals surface area contributed by atoms with E-state index in [1.54, 1.807) is 6.92 Å². The van der Waals surface area contributed by atoms with Crippen LogP contribution in [-0.4, -0.2) is 29.7 Å². The molecule has 1 fully saturated rings. The van der Waals surface area contributed by atoms with Gasteiger partial charge in [-0.15, -0.1) is 0 Å². The first-order chi connectivity index (χ1) is 10.8. The third kappa shape index (κ3) is 4.50. The molecule has 0 radical (unpaired) electrons. The van der Waals surface area contributed by atoms with Crippen LogP contribution in [0, 0.1) is 5.92 Å². The minimum absolute atomic E-state index is 0.0224. The van der Waals surface area contributed by atoms with Gasteiger partial charge in [0.1, 0.15) is 0 Å². The first kappa shape index (κ1) is 17.8. The van der Waals surface area contributed by atoms with Crippen molar-refractivity contribution in [3.63, 3.8) is 0 Å². The predicted octanol–water partition coefficient (Wildman–Crippen LogP) is 3.98. The van der Waals surface area contributed by atoms with E-state index >= 15 is 0 Å². The zero-order chi connectivity index (χ0) is 17.0. The maximum atomic E-state index is 13.1. The smallest absolute Gasteiger partial charge is 0.393 e. The van der Waals surface area contributed by atoms with Crippen molar-refractivity contribution in [1.29, 1.82) is 0 Å². The second kappa shape index (κ2) is 7.38. The Morgan fingerprint density at radius 1 is 1.39 bits per heavy atom. The van der Waals surface area contributed by atoms with Gasteiger partial charge in [-0.05, 0) is 25.8 Å². The van der Waals surface area contributed by atoms with Gasteiger partial charge in [-0.25, -0.2) is 4.98 Å². The van der Waals surface area contributed by atoms with E-state index in [1.165, 1.54) is 12.1 Å². The van der Waals surface area contributed by atoms with Crippen molar-refractivity contribution >= 4 is 17.5 Å². The maximum absolute atomic E-state index is 13.1. The van der Waals surface area contributed by atoms with E-state index in [1.807, 2.05) is 0 Å². The molecule has 4 nitrogen and oxygen atoms in total. The highest BCUT2D eigenvalue weighted by Crippen LogP contribution is 2.37. The molecule has 0 aliphatic heterocycles. The number of hydrogen-bond acceptors (Lipinski definition) is 3. The highest BCUT2D eigenvalue weighted by molar-refractivity contribution is 6.33. The molecule has 8 heteroatoms. The Labute approximate surface area is 137 Å². The number of halogens is 4. The number of alkyl halides is 3. The molecular formula is C15H18ClF3N2O2. The summed E-state index contributed by atoms with van der Waals surface area (Å²) in [7, 11) is 0. The quantitative estimate of drug-likeness (QED) is 0.893. The van der Waals surface area contributed by atoms with Crippen LogP contribution in [0.3, 0.4) is 0 Å². The summed E-state index contributed by atoms with van der Waals surface area (Å²) in [5.41, 5.74) is -0.121. The van der Waals surface area contributed by atoms with Gasteiger partial charge in [0.15, 0.2) is 5.69 Å². The van der Waals surface area contributed by atoms with E-state index in [-0.39, 0.29) is 23.0 Å². The Kier molecular flexibility index (Phi) is 5.73. The average molecular weight is 351 g/mol. The Bertz CT molecular complexity index is 566. The molecule has 2 atom stereocenters. The molecule has 128 valence electrons. The fourth-order valence-electron chi connectivity index (χ4n) is 2.74. The van der Waals surface area contributed by atoms with Gasteiger partial charge in [-0.2, -0.15) is 13.2 Å². The number of ether oxygens (including phenoxy) is 1. The van der Waals surface area contributed by atoms with Crippen LogP contribution in [0.4, 0.5) is 13.2 Å². The lowest BCUT2D eigenvalue weighted by atomic mass is 9.84. The van der Waals surface area contributed by atoms with E-state index in [4.69, 9.17) is 16.3 Å². The van der Waals surface area contributed by atoms with Crippen molar-refractivity contribution in [2.45, 2.75) is 44.8 Å². The number of amides is 1. The number of rotatable bonds is 4. The Balaban J connectivity index is 2.15. The summed E-state index contributed by atoms with van der Waals surface area (Å²) >= 11 is 5.93. The van der Waals surface area contributed by atoms with Gasteiger partial charge < -0.3 is 10.1 Å². The molecule has 23 heavy (non-hydrogen) atoms. The van der Waals surface area contributed by atoms with Crippen LogP contribution in [0.25, 0.3) is 0 Å². The molecule has 1 aliphatic carbocycles. The monoisotopic (exact) mass is 350 g/mol. The van der Waals surface area contributed by atoms with Gasteiger partial charge in [0.2, 0.25) is 5.88 Å². The van der Waals surface area contributed by atoms with Gasteiger partial charge in [0.25, 0.3) is 5.91 Å². The van der Waals surface area contributed by atoms with E-state index in [0.717, 1.165) is 0 Å². The van der Waals surface area contributed by atoms with Crippen LogP contribution < -0.4 is 10.1 Å². The maximum Gasteiger partial charge on any atom is 0.393 e. The van der Waals surface area contributed by atoms with Crippen LogP contribution in [0.15, 0.2) is 12.1 Å². The van der Waals surface area contributed by atoms with Gasteiger partial charge >= 0.3 is 6.18 Å². The highest BCUT2D eigenvalue weighted by atomic mass is 35.5. The number of pyridine rings is 1. The van der Waals surface area contributed by atoms with E-state index in [9.17, 15) is 18.0 Å². The molecule has 0 aromatic carbocycles. The summed E-state index contributed by atoms with van der Waals surface area (Å²) in [6.45, 7) is 2.11. The number of nitrogens with one attached hydrogen (secondary N) is 1. The summed E-state index contributed by atoms with van der Waals surface area (Å²) in [4.78, 5) is 16.2. The normalized spacial score (nSPS) is 21.8. The minimum atomic E-state index is -4.33. The van der Waals surface area contributed by atoms with Crippen molar-refractivity contribution in [2.24, 2.45) is 5.92 Å². The highest BCUT2D eigenvalue weighted by Gasteiger charge is 2.46. The molecule has 2 rings (SSSR count). The van der Waals surface area contributed by atoms with Crippen molar-refractivity contribution in [1.82, 2.24) is 10.3 Å². The second-order valence-corrected chi connectivity index (χ2v) is 5.83. The van der Waals surface area contributed by atoms with E-state index in [0.29, 0.717) is 25.9 Å². The molecule has 0 spiro atoms. The Hall–Kier alpha value is -1.50. The fourth-order valence-corrected chi connectivity index (χ4v) is 2.93. The van der Waals surface area contributed by atoms with Crippen molar-refractivity contribution < 1.29 is 22.7 Å². The van der Waals surface area contributed by atoms with Gasteiger partial charge in [0.05, 0.1) is 17.5 Å². The standard InChI is InChI=1S/C15H18ClF3N2O2/c1-2-23-12-8-7-10(16)13(21-12)14(22)20-11-6-4-3-5-9(11)15(17,18)19/h7-9,11H,2-6H2,1H3,(H,20,22). The molecule has 1 N–H and O–H groups in total.